The number of hydrogen-bond acceptors (Lipinski definition) is 6. The van der Waals surface area contributed by atoms with Gasteiger partial charge in [0.05, 0.1) is 17.1 Å². The maximum Gasteiger partial charge on any atom is 0.338 e. The Morgan fingerprint density at radius 1 is 1.10 bits per heavy atom. The number of nitrogens with two attached hydrogens (primary N) is 2. The number of esters is 1. The van der Waals surface area contributed by atoms with Crippen molar-refractivity contribution in [1.29, 1.82) is 0 Å². The van der Waals surface area contributed by atoms with E-state index < -0.39 is 16.0 Å². The quantitative estimate of drug-likeness (QED) is 0.297. The number of carbonyl (C=O) groups is 2. The third kappa shape index (κ3) is 5.29. The van der Waals surface area contributed by atoms with E-state index in [0.29, 0.717) is 23.7 Å². The molecule has 1 fully saturated rings. The molecule has 5 N–H and O–H groups in total. The predicted octanol–water partition coefficient (Wildman–Crippen LogP) is 4.55. The molecule has 0 aromatic heterocycles. The summed E-state index contributed by atoms with van der Waals surface area (Å²) in [5, 5.41) is 8.16. The highest BCUT2D eigenvalue weighted by atomic mass is 32.2. The summed E-state index contributed by atoms with van der Waals surface area (Å²) in [6, 6.07) is 17.2. The third-order valence-electron chi connectivity index (χ3n) is 7.97. The molecule has 40 heavy (non-hydrogen) atoms. The lowest BCUT2D eigenvalue weighted by Crippen LogP contribution is -2.42. The number of nitrogens with one attached hydrogen (secondary N) is 1. The van der Waals surface area contributed by atoms with Gasteiger partial charge in [-0.2, -0.15) is 0 Å². The molecule has 2 unspecified atom stereocenters. The van der Waals surface area contributed by atoms with Crippen molar-refractivity contribution in [1.82, 2.24) is 5.32 Å². The zero-order chi connectivity index (χ0) is 28.7. The maximum absolute atomic E-state index is 13.5. The normalized spacial score (nSPS) is 20.0. The smallest absolute Gasteiger partial charge is 0.338 e. The van der Waals surface area contributed by atoms with E-state index in [2.05, 4.69) is 18.3 Å². The van der Waals surface area contributed by atoms with Crippen LogP contribution in [0.4, 0.5) is 16.2 Å². The van der Waals surface area contributed by atoms with Crippen molar-refractivity contribution in [2.75, 3.05) is 23.8 Å². The minimum atomic E-state index is -3.78. The number of benzene rings is 3. The van der Waals surface area contributed by atoms with Crippen LogP contribution in [-0.2, 0) is 26.7 Å². The number of sulfonamides is 1. The molecule has 3 aromatic carbocycles. The Morgan fingerprint density at radius 2 is 1.85 bits per heavy atom. The van der Waals surface area contributed by atoms with E-state index in [1.54, 1.807) is 36.1 Å². The number of nitrogen functional groups attached to an aromatic ring is 1. The van der Waals surface area contributed by atoms with E-state index in [0.717, 1.165) is 47.2 Å². The van der Waals surface area contributed by atoms with Gasteiger partial charge >= 0.3 is 12.0 Å². The molecular weight excluding hydrogens is 528 g/mol. The number of nitrogens with zero attached hydrogens (tertiary/aromatic N) is 1. The Bertz CT molecular complexity index is 1570. The molecule has 1 heterocycles. The minimum absolute atomic E-state index is 0.0244. The van der Waals surface area contributed by atoms with Crippen molar-refractivity contribution in [2.24, 2.45) is 11.1 Å². The molecule has 2 aliphatic rings. The lowest BCUT2D eigenvalue weighted by molar-refractivity contribution is 0.0527. The van der Waals surface area contributed by atoms with E-state index in [1.165, 1.54) is 12.1 Å². The number of ether oxygens (including phenoxy) is 1. The number of urea groups is 1. The molecule has 1 aliphatic heterocycles. The van der Waals surface area contributed by atoms with Crippen molar-refractivity contribution in [3.05, 3.63) is 77.4 Å². The summed E-state index contributed by atoms with van der Waals surface area (Å²) in [4.78, 5) is 28.0. The Hall–Kier alpha value is -3.89. The van der Waals surface area contributed by atoms with E-state index in [4.69, 9.17) is 15.6 Å². The largest absolute Gasteiger partial charge is 0.462 e. The highest BCUT2D eigenvalue weighted by Crippen LogP contribution is 2.53. The third-order valence-corrected chi connectivity index (χ3v) is 8.89. The number of rotatable bonds is 6. The summed E-state index contributed by atoms with van der Waals surface area (Å²) < 4.78 is 28.3. The molecule has 0 bridgehead atoms. The topological polar surface area (TPSA) is 145 Å². The van der Waals surface area contributed by atoms with Crippen LogP contribution in [0.1, 0.15) is 54.6 Å². The molecule has 210 valence electrons. The molecule has 1 spiro atoms. The second kappa shape index (κ2) is 10.6. The molecule has 2 amide bonds. The first-order chi connectivity index (χ1) is 19.0. The van der Waals surface area contributed by atoms with Crippen LogP contribution in [0, 0.1) is 5.92 Å². The molecule has 5 rings (SSSR count). The van der Waals surface area contributed by atoms with Gasteiger partial charge in [-0.25, -0.2) is 23.1 Å². The Morgan fingerprint density at radius 3 is 2.50 bits per heavy atom. The molecule has 3 aromatic rings. The standard InChI is InChI=1S/C30H34N4O5S/c1-3-39-28(35)25-15-22(31)7-10-24(25)21-6-11-27-26(14-21)30(13-12-19(2)16-30)18-34(27)29(36)33-17-20-4-8-23(9-5-20)40(32,37)38/h4-11,14-15,19H,3,12-13,16-18,31H2,1-2H3,(H,33,36)(H2,32,37,38). The van der Waals surface area contributed by atoms with E-state index in [1.807, 2.05) is 18.2 Å². The van der Waals surface area contributed by atoms with Crippen LogP contribution >= 0.6 is 0 Å². The fraction of sp³-hybridized carbons (Fsp3) is 0.333. The van der Waals surface area contributed by atoms with Gasteiger partial charge in [0.1, 0.15) is 0 Å². The highest BCUT2D eigenvalue weighted by Gasteiger charge is 2.48. The number of hydrogen-bond donors (Lipinski definition) is 3. The molecule has 0 saturated heterocycles. The molecule has 1 saturated carbocycles. The van der Waals surface area contributed by atoms with Gasteiger partial charge in [-0.05, 0) is 90.8 Å². The zero-order valence-corrected chi connectivity index (χ0v) is 23.5. The monoisotopic (exact) mass is 562 g/mol. The Kier molecular flexibility index (Phi) is 7.32. The fourth-order valence-electron chi connectivity index (χ4n) is 6.06. The molecule has 0 radical (unpaired) electrons. The molecular formula is C30H34N4O5S. The van der Waals surface area contributed by atoms with Gasteiger partial charge in [-0.1, -0.05) is 31.2 Å². The number of primary sulfonamides is 1. The van der Waals surface area contributed by atoms with Crippen LogP contribution < -0.4 is 21.1 Å². The number of amides is 2. The van der Waals surface area contributed by atoms with Gasteiger partial charge in [-0.3, -0.25) is 4.90 Å². The van der Waals surface area contributed by atoms with Crippen LogP contribution in [0.15, 0.2) is 65.6 Å². The van der Waals surface area contributed by atoms with Crippen LogP contribution in [0.3, 0.4) is 0 Å². The first-order valence-corrected chi connectivity index (χ1v) is 14.9. The SMILES string of the molecule is CCOC(=O)c1cc(N)ccc1-c1ccc2c(c1)C1(CCC(C)C1)CN2C(=O)NCc1ccc(S(N)(=O)=O)cc1. The Balaban J connectivity index is 1.45. The van der Waals surface area contributed by atoms with Crippen molar-refractivity contribution in [2.45, 2.75) is 50.0 Å². The van der Waals surface area contributed by atoms with Crippen LogP contribution in [-0.4, -0.2) is 33.6 Å². The first kappa shape index (κ1) is 27.7. The predicted molar refractivity (Wildman–Crippen MR) is 154 cm³/mol. The summed E-state index contributed by atoms with van der Waals surface area (Å²) in [6.07, 6.45) is 3.01. The van der Waals surface area contributed by atoms with Crippen LogP contribution in [0.2, 0.25) is 0 Å². The van der Waals surface area contributed by atoms with Gasteiger partial charge in [0.25, 0.3) is 0 Å². The molecule has 2 atom stereocenters. The average Bonchev–Trinajstić information content (AvgIpc) is 3.46. The van der Waals surface area contributed by atoms with Crippen molar-refractivity contribution >= 4 is 33.4 Å². The number of carbonyl (C=O) groups excluding carboxylic acids is 2. The summed E-state index contributed by atoms with van der Waals surface area (Å²) in [5.74, 6) is 0.107. The van der Waals surface area contributed by atoms with Gasteiger partial charge in [-0.15, -0.1) is 0 Å². The van der Waals surface area contributed by atoms with Gasteiger partial charge < -0.3 is 15.8 Å². The zero-order valence-electron chi connectivity index (χ0n) is 22.6. The number of anilines is 2. The van der Waals surface area contributed by atoms with Crippen molar-refractivity contribution in [3.63, 3.8) is 0 Å². The van der Waals surface area contributed by atoms with E-state index in [9.17, 15) is 18.0 Å². The van der Waals surface area contributed by atoms with Crippen LogP contribution in [0.5, 0.6) is 0 Å². The average molecular weight is 563 g/mol. The fourth-order valence-corrected chi connectivity index (χ4v) is 6.58. The lowest BCUT2D eigenvalue weighted by atomic mass is 9.79. The summed E-state index contributed by atoms with van der Waals surface area (Å²) in [7, 11) is -3.78. The highest BCUT2D eigenvalue weighted by molar-refractivity contribution is 7.89. The maximum atomic E-state index is 13.5. The van der Waals surface area contributed by atoms with E-state index in [-0.39, 0.29) is 29.5 Å². The Labute approximate surface area is 234 Å². The van der Waals surface area contributed by atoms with Crippen molar-refractivity contribution in [3.8, 4) is 11.1 Å². The first-order valence-electron chi connectivity index (χ1n) is 13.4. The second-order valence-electron chi connectivity index (χ2n) is 10.8. The summed E-state index contributed by atoms with van der Waals surface area (Å²) in [6.45, 7) is 5.08. The lowest BCUT2D eigenvalue weighted by Gasteiger charge is -2.25. The summed E-state index contributed by atoms with van der Waals surface area (Å²) in [5.41, 5.74) is 11.1. The number of fused-ring (bicyclic) bond motifs is 2. The minimum Gasteiger partial charge on any atom is -0.462 e. The van der Waals surface area contributed by atoms with Crippen molar-refractivity contribution < 1.29 is 22.7 Å². The van der Waals surface area contributed by atoms with Gasteiger partial charge in [0.15, 0.2) is 0 Å². The molecule has 9 nitrogen and oxygen atoms in total. The van der Waals surface area contributed by atoms with Gasteiger partial charge in [0.2, 0.25) is 10.0 Å². The van der Waals surface area contributed by atoms with E-state index >= 15 is 0 Å². The van der Waals surface area contributed by atoms with Crippen LogP contribution in [0.25, 0.3) is 11.1 Å². The molecule has 10 heteroatoms. The second-order valence-corrected chi connectivity index (χ2v) is 12.4. The molecule has 1 aliphatic carbocycles. The van der Waals surface area contributed by atoms with Gasteiger partial charge in [0, 0.05) is 29.9 Å². The summed E-state index contributed by atoms with van der Waals surface area (Å²) >= 11 is 0.